The molecule has 2 unspecified atom stereocenters. The van der Waals surface area contributed by atoms with Gasteiger partial charge in [-0.15, -0.1) is 11.6 Å². The number of guanidine groups is 1. The second kappa shape index (κ2) is 12.0. The quantitative estimate of drug-likeness (QED) is 0.258. The first-order chi connectivity index (χ1) is 15.7. The lowest BCUT2D eigenvalue weighted by molar-refractivity contribution is -0.184. The third kappa shape index (κ3) is 7.97. The maximum atomic E-state index is 12.9. The van der Waals surface area contributed by atoms with Crippen molar-refractivity contribution in [1.29, 1.82) is 0 Å². The van der Waals surface area contributed by atoms with Crippen LogP contribution in [0.5, 0.6) is 0 Å². The van der Waals surface area contributed by atoms with E-state index in [1.807, 2.05) is 6.92 Å². The van der Waals surface area contributed by atoms with Crippen molar-refractivity contribution in [3.63, 3.8) is 0 Å². The summed E-state index contributed by atoms with van der Waals surface area (Å²) in [5.74, 6) is -1.17. The van der Waals surface area contributed by atoms with Crippen LogP contribution in [-0.2, 0) is 9.53 Å². The molecule has 0 radical (unpaired) electrons. The van der Waals surface area contributed by atoms with Crippen LogP contribution in [0, 0.1) is 17.8 Å². The van der Waals surface area contributed by atoms with E-state index < -0.39 is 18.0 Å². The van der Waals surface area contributed by atoms with Crippen molar-refractivity contribution in [3.8, 4) is 0 Å². The molecule has 3 rings (SSSR count). The van der Waals surface area contributed by atoms with Crippen molar-refractivity contribution < 1.29 is 22.7 Å². The van der Waals surface area contributed by atoms with Crippen molar-refractivity contribution in [2.24, 2.45) is 22.7 Å². The number of amides is 1. The second-order valence-corrected chi connectivity index (χ2v) is 10.3. The molecule has 0 bridgehead atoms. The van der Waals surface area contributed by atoms with Crippen molar-refractivity contribution in [1.82, 2.24) is 21.5 Å². The molecule has 3 aliphatic rings. The van der Waals surface area contributed by atoms with Crippen molar-refractivity contribution in [3.05, 3.63) is 0 Å². The Kier molecular flexibility index (Phi) is 9.67. The van der Waals surface area contributed by atoms with E-state index in [9.17, 15) is 18.0 Å². The number of aliphatic imine (C=N–C) groups is 1. The fraction of sp³-hybridized carbons (Fsp3) is 0.909. The third-order valence-electron chi connectivity index (χ3n) is 7.07. The highest BCUT2D eigenvalue weighted by Gasteiger charge is 2.42. The maximum absolute atomic E-state index is 12.9. The first kappa shape index (κ1) is 26.5. The number of nitrogens with one attached hydrogen (secondary N) is 4. The van der Waals surface area contributed by atoms with E-state index in [4.69, 9.17) is 16.3 Å². The van der Waals surface area contributed by atoms with Gasteiger partial charge in [0.2, 0.25) is 5.91 Å². The molecule has 190 valence electrons. The Morgan fingerprint density at radius 3 is 2.39 bits per heavy atom. The lowest BCUT2D eigenvalue weighted by atomic mass is 9.81. The molecule has 1 saturated heterocycles. The molecule has 7 nitrogen and oxygen atoms in total. The highest BCUT2D eigenvalue weighted by atomic mass is 35.5. The van der Waals surface area contributed by atoms with Gasteiger partial charge in [0.1, 0.15) is 6.17 Å². The minimum atomic E-state index is -4.19. The van der Waals surface area contributed by atoms with Crippen LogP contribution in [0.2, 0.25) is 0 Å². The van der Waals surface area contributed by atoms with Gasteiger partial charge in [-0.1, -0.05) is 0 Å². The second-order valence-electron chi connectivity index (χ2n) is 9.72. The van der Waals surface area contributed by atoms with Gasteiger partial charge >= 0.3 is 6.18 Å². The average molecular weight is 496 g/mol. The summed E-state index contributed by atoms with van der Waals surface area (Å²) in [7, 11) is 1.59. The molecule has 0 aromatic carbocycles. The zero-order valence-corrected chi connectivity index (χ0v) is 20.1. The average Bonchev–Trinajstić information content (AvgIpc) is 3.22. The predicted octanol–water partition coefficient (Wildman–Crippen LogP) is 3.44. The van der Waals surface area contributed by atoms with Crippen LogP contribution in [0.15, 0.2) is 4.99 Å². The molecular formula is C22H37ClF3N5O2. The molecule has 2 aliphatic carbocycles. The molecule has 0 aromatic rings. The van der Waals surface area contributed by atoms with Crippen molar-refractivity contribution in [2.75, 3.05) is 13.7 Å². The number of rotatable bonds is 6. The lowest BCUT2D eigenvalue weighted by Gasteiger charge is -2.29. The SMILES string of the molecule is COC[C@H](C)N/C(=N\C1CC(C2CCC(Cl)CC2)NN1)NC(=O)C1CCC(C(F)(F)F)CC1. The molecular weight excluding hydrogens is 459 g/mol. The van der Waals surface area contributed by atoms with E-state index in [0.29, 0.717) is 18.5 Å². The lowest BCUT2D eigenvalue weighted by Crippen LogP contribution is -2.49. The molecule has 4 N–H and O–H groups in total. The molecule has 3 fully saturated rings. The molecule has 11 heteroatoms. The number of methoxy groups -OCH3 is 1. The van der Waals surface area contributed by atoms with Crippen LogP contribution in [0.1, 0.15) is 64.7 Å². The molecule has 1 aliphatic heterocycles. The first-order valence-electron chi connectivity index (χ1n) is 12.0. The van der Waals surface area contributed by atoms with Crippen LogP contribution in [0.4, 0.5) is 13.2 Å². The first-order valence-corrected chi connectivity index (χ1v) is 12.4. The predicted molar refractivity (Wildman–Crippen MR) is 122 cm³/mol. The van der Waals surface area contributed by atoms with E-state index in [-0.39, 0.29) is 55.2 Å². The third-order valence-corrected chi connectivity index (χ3v) is 7.51. The van der Waals surface area contributed by atoms with Gasteiger partial charge in [-0.25, -0.2) is 10.4 Å². The molecule has 1 amide bonds. The number of hydrogen-bond donors (Lipinski definition) is 4. The summed E-state index contributed by atoms with van der Waals surface area (Å²) >= 11 is 6.23. The fourth-order valence-corrected chi connectivity index (χ4v) is 5.38. The number of carbonyl (C=O) groups is 1. The monoisotopic (exact) mass is 495 g/mol. The Bertz CT molecular complexity index is 665. The number of hydrazine groups is 1. The van der Waals surface area contributed by atoms with Gasteiger partial charge in [0.15, 0.2) is 5.96 Å². The van der Waals surface area contributed by atoms with Crippen LogP contribution in [0.3, 0.4) is 0 Å². The normalized spacial score (nSPS) is 34.7. The number of ether oxygens (including phenoxy) is 1. The summed E-state index contributed by atoms with van der Waals surface area (Å²) in [5.41, 5.74) is 6.55. The van der Waals surface area contributed by atoms with Gasteiger partial charge < -0.3 is 10.1 Å². The van der Waals surface area contributed by atoms with Gasteiger partial charge in [0.05, 0.1) is 12.5 Å². The van der Waals surface area contributed by atoms with Gasteiger partial charge in [-0.05, 0) is 64.2 Å². The van der Waals surface area contributed by atoms with Crippen LogP contribution >= 0.6 is 11.6 Å². The summed E-state index contributed by atoms with van der Waals surface area (Å²) in [6.45, 7) is 2.33. The van der Waals surface area contributed by atoms with Crippen molar-refractivity contribution >= 4 is 23.5 Å². The van der Waals surface area contributed by atoms with E-state index in [1.165, 1.54) is 0 Å². The van der Waals surface area contributed by atoms with Gasteiger partial charge in [0, 0.05) is 36.9 Å². The fourth-order valence-electron chi connectivity index (χ4n) is 5.13. The maximum Gasteiger partial charge on any atom is 0.391 e. The molecule has 33 heavy (non-hydrogen) atoms. The van der Waals surface area contributed by atoms with E-state index >= 15 is 0 Å². The van der Waals surface area contributed by atoms with Crippen molar-refractivity contribution in [2.45, 2.75) is 94.5 Å². The van der Waals surface area contributed by atoms with Crippen LogP contribution in [-0.4, -0.2) is 55.4 Å². The smallest absolute Gasteiger partial charge is 0.383 e. The molecule has 0 aromatic heterocycles. The highest BCUT2D eigenvalue weighted by molar-refractivity contribution is 6.20. The number of hydrogen-bond acceptors (Lipinski definition) is 5. The minimum Gasteiger partial charge on any atom is -0.383 e. The summed E-state index contributed by atoms with van der Waals surface area (Å²) in [6, 6.07) is 0.188. The van der Waals surface area contributed by atoms with Gasteiger partial charge in [0.25, 0.3) is 0 Å². The molecule has 0 spiro atoms. The Morgan fingerprint density at radius 1 is 1.12 bits per heavy atom. The van der Waals surface area contributed by atoms with E-state index in [2.05, 4.69) is 26.5 Å². The van der Waals surface area contributed by atoms with E-state index in [0.717, 1.165) is 32.1 Å². The van der Waals surface area contributed by atoms with Gasteiger partial charge in [-0.3, -0.25) is 15.5 Å². The van der Waals surface area contributed by atoms with Gasteiger partial charge in [-0.2, -0.15) is 13.2 Å². The topological polar surface area (TPSA) is 86.8 Å². The Hall–Kier alpha value is -1.10. The Morgan fingerprint density at radius 2 is 1.79 bits per heavy atom. The highest BCUT2D eigenvalue weighted by Crippen LogP contribution is 2.39. The molecule has 3 atom stereocenters. The molecule has 1 heterocycles. The number of nitrogens with zero attached hydrogens (tertiary/aromatic N) is 1. The van der Waals surface area contributed by atoms with Crippen LogP contribution < -0.4 is 21.5 Å². The minimum absolute atomic E-state index is 0.0120. The van der Waals surface area contributed by atoms with Crippen LogP contribution in [0.25, 0.3) is 0 Å². The summed E-state index contributed by atoms with van der Waals surface area (Å²) < 4.78 is 44.0. The number of alkyl halides is 4. The summed E-state index contributed by atoms with van der Waals surface area (Å²) in [4.78, 5) is 17.5. The summed E-state index contributed by atoms with van der Waals surface area (Å²) in [6.07, 6.45) is 1.01. The zero-order valence-electron chi connectivity index (χ0n) is 19.4. The number of carbonyl (C=O) groups excluding carboxylic acids is 1. The largest absolute Gasteiger partial charge is 0.391 e. The Balaban J connectivity index is 1.58. The Labute approximate surface area is 199 Å². The standard InChI is InChI=1S/C22H37ClF3N5O2/c1-13(12-33-2)27-21(29-20(32)15-3-7-16(8-4-15)22(24,25)26)28-19-11-18(30-31-19)14-5-9-17(23)10-6-14/h13-19,30-31H,3-12H2,1-2H3,(H2,27,28,29,32)/t13-,14?,15?,16?,17?,18?,19?/m0/s1. The van der Waals surface area contributed by atoms with E-state index in [1.54, 1.807) is 7.11 Å². The summed E-state index contributed by atoms with van der Waals surface area (Å²) in [5, 5.41) is 6.28. The molecule has 2 saturated carbocycles. The number of halogens is 4. The zero-order chi connectivity index (χ0) is 24.0.